The van der Waals surface area contributed by atoms with Crippen LogP contribution < -0.4 is 10.1 Å². The molecule has 0 radical (unpaired) electrons. The topological polar surface area (TPSA) is 64.6 Å². The van der Waals surface area contributed by atoms with Crippen LogP contribution in [0.25, 0.3) is 0 Å². The molecule has 0 heterocycles. The van der Waals surface area contributed by atoms with Crippen molar-refractivity contribution in [1.82, 2.24) is 5.32 Å². The number of benzene rings is 1. The molecule has 1 aromatic rings. The van der Waals surface area contributed by atoms with Crippen LogP contribution in [0.15, 0.2) is 24.3 Å². The number of carbonyl (C=O) groups is 2. The molecule has 0 aliphatic carbocycles. The van der Waals surface area contributed by atoms with Gasteiger partial charge in [0.1, 0.15) is 9.67 Å². The largest absolute Gasteiger partial charge is 0.468 e. The van der Waals surface area contributed by atoms with Gasteiger partial charge in [0, 0.05) is 12.1 Å². The van der Waals surface area contributed by atoms with E-state index in [9.17, 15) is 18.4 Å². The van der Waals surface area contributed by atoms with Crippen molar-refractivity contribution < 1.29 is 27.8 Å². The molecule has 110 valence electrons. The van der Waals surface area contributed by atoms with Crippen LogP contribution >= 0.6 is 22.6 Å². The maximum absolute atomic E-state index is 12.0. The molecule has 5 nitrogen and oxygen atoms in total. The zero-order valence-corrected chi connectivity index (χ0v) is 12.6. The summed E-state index contributed by atoms with van der Waals surface area (Å²) in [5.74, 6) is -0.886. The van der Waals surface area contributed by atoms with Crippen LogP contribution in [0.4, 0.5) is 8.78 Å². The van der Waals surface area contributed by atoms with E-state index < -0.39 is 22.4 Å². The highest BCUT2D eigenvalue weighted by molar-refractivity contribution is 14.1. The average molecular weight is 399 g/mol. The van der Waals surface area contributed by atoms with Gasteiger partial charge in [-0.3, -0.25) is 9.59 Å². The Labute approximate surface area is 127 Å². The van der Waals surface area contributed by atoms with Crippen LogP contribution in [0.2, 0.25) is 0 Å². The summed E-state index contributed by atoms with van der Waals surface area (Å²) in [6.45, 7) is -2.80. The third-order valence-electron chi connectivity index (χ3n) is 2.24. The first-order valence-electron chi connectivity index (χ1n) is 5.49. The maximum atomic E-state index is 12.0. The van der Waals surface area contributed by atoms with Crippen molar-refractivity contribution in [2.24, 2.45) is 0 Å². The number of ether oxygens (including phenoxy) is 2. The first-order valence-corrected chi connectivity index (χ1v) is 6.73. The molecule has 0 aromatic heterocycles. The summed E-state index contributed by atoms with van der Waals surface area (Å²) in [6.07, 6.45) is 0. The number of hydrogen-bond donors (Lipinski definition) is 1. The molecular formula is C12H12F2INO4. The summed E-state index contributed by atoms with van der Waals surface area (Å²) in [6, 6.07) is 5.24. The molecule has 0 bridgehead atoms. The fourth-order valence-corrected chi connectivity index (χ4v) is 1.76. The van der Waals surface area contributed by atoms with Crippen molar-refractivity contribution in [2.45, 2.75) is 10.5 Å². The fourth-order valence-electron chi connectivity index (χ4n) is 1.28. The summed E-state index contributed by atoms with van der Waals surface area (Å²) >= 11 is 1.85. The van der Waals surface area contributed by atoms with Crippen molar-refractivity contribution in [3.63, 3.8) is 0 Å². The minimum Gasteiger partial charge on any atom is -0.468 e. The Hall–Kier alpha value is -1.45. The Morgan fingerprint density at radius 1 is 1.30 bits per heavy atom. The number of carbonyl (C=O) groups excluding carboxylic acids is 2. The molecule has 8 heteroatoms. The highest BCUT2D eigenvalue weighted by atomic mass is 127. The van der Waals surface area contributed by atoms with E-state index in [0.717, 1.165) is 0 Å². The zero-order valence-electron chi connectivity index (χ0n) is 10.4. The predicted molar refractivity (Wildman–Crippen MR) is 75.2 cm³/mol. The standard InChI is InChI=1S/C12H12F2INO4/c1-19-11(18)9(15)6-16-10(17)7-2-4-8(5-3-7)20-12(13)14/h2-5,9,12H,6H2,1H3,(H,16,17). The number of hydrogen-bond acceptors (Lipinski definition) is 4. The van der Waals surface area contributed by atoms with E-state index in [-0.39, 0.29) is 17.9 Å². The third-order valence-corrected chi connectivity index (χ3v) is 3.19. The molecule has 1 amide bonds. The third kappa shape index (κ3) is 5.27. The number of nitrogens with one attached hydrogen (secondary N) is 1. The summed E-state index contributed by atoms with van der Waals surface area (Å²) in [4.78, 5) is 22.9. The van der Waals surface area contributed by atoms with Crippen molar-refractivity contribution >= 4 is 34.5 Å². The number of amides is 1. The highest BCUT2D eigenvalue weighted by Gasteiger charge is 2.16. The van der Waals surface area contributed by atoms with Gasteiger partial charge in [0.15, 0.2) is 0 Å². The van der Waals surface area contributed by atoms with E-state index in [1.165, 1.54) is 31.4 Å². The maximum Gasteiger partial charge on any atom is 0.387 e. The average Bonchev–Trinajstić information content (AvgIpc) is 2.43. The van der Waals surface area contributed by atoms with Crippen molar-refractivity contribution in [2.75, 3.05) is 13.7 Å². The molecule has 20 heavy (non-hydrogen) atoms. The van der Waals surface area contributed by atoms with Gasteiger partial charge in [0.05, 0.1) is 7.11 Å². The predicted octanol–water partition coefficient (Wildman–Crippen LogP) is 1.99. The van der Waals surface area contributed by atoms with Crippen molar-refractivity contribution in [1.29, 1.82) is 0 Å². The Bertz CT molecular complexity index is 467. The van der Waals surface area contributed by atoms with Crippen molar-refractivity contribution in [3.05, 3.63) is 29.8 Å². The van der Waals surface area contributed by atoms with Gasteiger partial charge in [-0.05, 0) is 24.3 Å². The molecule has 0 spiro atoms. The lowest BCUT2D eigenvalue weighted by atomic mass is 10.2. The monoisotopic (exact) mass is 399 g/mol. The summed E-state index contributed by atoms with van der Waals surface area (Å²) in [5, 5.41) is 2.54. The van der Waals surface area contributed by atoms with Crippen LogP contribution in [0.5, 0.6) is 5.75 Å². The Morgan fingerprint density at radius 3 is 2.40 bits per heavy atom. The zero-order chi connectivity index (χ0) is 15.1. The molecule has 0 saturated heterocycles. The minimum absolute atomic E-state index is 0.0297. The van der Waals surface area contributed by atoms with Gasteiger partial charge < -0.3 is 14.8 Å². The van der Waals surface area contributed by atoms with Gasteiger partial charge >= 0.3 is 12.6 Å². The molecule has 0 saturated carbocycles. The SMILES string of the molecule is COC(=O)C(I)CNC(=O)c1ccc(OC(F)F)cc1. The van der Waals surface area contributed by atoms with E-state index in [4.69, 9.17) is 0 Å². The van der Waals surface area contributed by atoms with Crippen LogP contribution in [0.1, 0.15) is 10.4 Å². The Kier molecular flexibility index (Phi) is 6.62. The van der Waals surface area contributed by atoms with Gasteiger partial charge in [-0.25, -0.2) is 0 Å². The van der Waals surface area contributed by atoms with Crippen LogP contribution in [-0.2, 0) is 9.53 Å². The molecule has 1 rings (SSSR count). The van der Waals surface area contributed by atoms with Gasteiger partial charge in [0.25, 0.3) is 5.91 Å². The number of alkyl halides is 3. The number of rotatable bonds is 6. The quantitative estimate of drug-likeness (QED) is 0.452. The van der Waals surface area contributed by atoms with Crippen LogP contribution in [0.3, 0.4) is 0 Å². The van der Waals surface area contributed by atoms with E-state index >= 15 is 0 Å². The smallest absolute Gasteiger partial charge is 0.387 e. The van der Waals surface area contributed by atoms with Gasteiger partial charge in [0.2, 0.25) is 0 Å². The molecule has 1 atom stereocenters. The minimum atomic E-state index is -2.91. The van der Waals surface area contributed by atoms with Gasteiger partial charge in [-0.1, -0.05) is 22.6 Å². The van der Waals surface area contributed by atoms with Crippen molar-refractivity contribution in [3.8, 4) is 5.75 Å². The highest BCUT2D eigenvalue weighted by Crippen LogP contribution is 2.14. The second kappa shape index (κ2) is 7.98. The fraction of sp³-hybridized carbons (Fsp3) is 0.333. The molecule has 1 aromatic carbocycles. The normalized spacial score (nSPS) is 11.8. The number of methoxy groups -OCH3 is 1. The number of halogens is 3. The number of esters is 1. The van der Waals surface area contributed by atoms with Gasteiger partial charge in [-0.2, -0.15) is 8.78 Å². The molecule has 0 aliphatic rings. The van der Waals surface area contributed by atoms with E-state index in [1.807, 2.05) is 22.6 Å². The summed E-state index contributed by atoms with van der Waals surface area (Å²) in [5.41, 5.74) is 0.278. The first kappa shape index (κ1) is 16.6. The summed E-state index contributed by atoms with van der Waals surface area (Å²) < 4.78 is 32.1. The lowest BCUT2D eigenvalue weighted by molar-refractivity contribution is -0.139. The molecule has 0 aliphatic heterocycles. The lowest BCUT2D eigenvalue weighted by Gasteiger charge is -2.10. The molecular weight excluding hydrogens is 387 g/mol. The van der Waals surface area contributed by atoms with Crippen LogP contribution in [-0.4, -0.2) is 36.1 Å². The molecule has 1 N–H and O–H groups in total. The molecule has 1 unspecified atom stereocenters. The van der Waals surface area contributed by atoms with E-state index in [2.05, 4.69) is 14.8 Å². The van der Waals surface area contributed by atoms with E-state index in [1.54, 1.807) is 0 Å². The Balaban J connectivity index is 2.53. The lowest BCUT2D eigenvalue weighted by Crippen LogP contribution is -2.33. The second-order valence-electron chi connectivity index (χ2n) is 3.60. The Morgan fingerprint density at radius 2 is 1.90 bits per heavy atom. The van der Waals surface area contributed by atoms with E-state index in [0.29, 0.717) is 0 Å². The van der Waals surface area contributed by atoms with Gasteiger partial charge in [-0.15, -0.1) is 0 Å². The summed E-state index contributed by atoms with van der Waals surface area (Å²) in [7, 11) is 1.26. The second-order valence-corrected chi connectivity index (χ2v) is 5.11. The first-order chi connectivity index (χ1) is 9.43. The molecule has 0 fully saturated rings. The van der Waals surface area contributed by atoms with Crippen LogP contribution in [0, 0.1) is 0 Å².